The summed E-state index contributed by atoms with van der Waals surface area (Å²) in [6.07, 6.45) is 5.69. The zero-order valence-corrected chi connectivity index (χ0v) is 9.67. The third kappa shape index (κ3) is 3.86. The minimum atomic E-state index is 0.611. The van der Waals surface area contributed by atoms with Crippen molar-refractivity contribution in [2.24, 2.45) is 9.98 Å². The highest BCUT2D eigenvalue weighted by Crippen LogP contribution is 2.10. The van der Waals surface area contributed by atoms with E-state index in [9.17, 15) is 0 Å². The largest absolute Gasteiger partial charge is 0.291 e. The zero-order chi connectivity index (χ0) is 10.6. The molecule has 0 spiro atoms. The van der Waals surface area contributed by atoms with Crippen LogP contribution in [0.1, 0.15) is 47.0 Å². The quantitative estimate of drug-likeness (QED) is 0.562. The van der Waals surface area contributed by atoms with Gasteiger partial charge in [-0.15, -0.1) is 0 Å². The second-order valence-corrected chi connectivity index (χ2v) is 4.15. The molecule has 0 fully saturated rings. The number of rotatable bonds is 0. The van der Waals surface area contributed by atoms with Gasteiger partial charge in [0, 0.05) is 29.6 Å². The Morgan fingerprint density at radius 3 is 2.07 bits per heavy atom. The van der Waals surface area contributed by atoms with Crippen molar-refractivity contribution in [2.75, 3.05) is 0 Å². The lowest BCUT2D eigenvalue weighted by Gasteiger charge is -1.88. The van der Waals surface area contributed by atoms with Crippen LogP contribution >= 0.6 is 0 Å². The van der Waals surface area contributed by atoms with Crippen molar-refractivity contribution in [3.63, 3.8) is 0 Å². The zero-order valence-electron chi connectivity index (χ0n) is 9.67. The Morgan fingerprint density at radius 1 is 1.21 bits per heavy atom. The van der Waals surface area contributed by atoms with E-state index in [-0.39, 0.29) is 0 Å². The number of allylic oxidation sites excluding steroid dienone is 2. The van der Waals surface area contributed by atoms with Gasteiger partial charge in [0.25, 0.3) is 0 Å². The van der Waals surface area contributed by atoms with E-state index in [1.165, 1.54) is 24.3 Å². The summed E-state index contributed by atoms with van der Waals surface area (Å²) in [5, 5.41) is 0. The fourth-order valence-electron chi connectivity index (χ4n) is 1.61. The minimum Gasteiger partial charge on any atom is -0.291 e. The van der Waals surface area contributed by atoms with Crippen molar-refractivity contribution in [1.82, 2.24) is 0 Å². The van der Waals surface area contributed by atoms with Crippen LogP contribution in [0.25, 0.3) is 0 Å². The standard InChI is InChI=1S/C6H11N.C6H9N/c2*1-5-3-4-6(2)7-5/h5H,3-4H2,1-2H3;3H,4H2,1-2H3. The Bertz CT molecular complexity index is 285. The van der Waals surface area contributed by atoms with Crippen LogP contribution in [0, 0.1) is 0 Å². The van der Waals surface area contributed by atoms with Crippen molar-refractivity contribution in [2.45, 2.75) is 53.0 Å². The van der Waals surface area contributed by atoms with E-state index >= 15 is 0 Å². The van der Waals surface area contributed by atoms with Gasteiger partial charge in [-0.1, -0.05) is 6.08 Å². The van der Waals surface area contributed by atoms with Gasteiger partial charge < -0.3 is 0 Å². The highest BCUT2D eigenvalue weighted by Gasteiger charge is 2.07. The van der Waals surface area contributed by atoms with Gasteiger partial charge in [0.1, 0.15) is 0 Å². The molecule has 0 radical (unpaired) electrons. The van der Waals surface area contributed by atoms with Gasteiger partial charge >= 0.3 is 0 Å². The molecule has 0 N–H and O–H groups in total. The highest BCUT2D eigenvalue weighted by molar-refractivity contribution is 5.86. The first kappa shape index (κ1) is 11.2. The first-order valence-electron chi connectivity index (χ1n) is 5.32. The number of aliphatic imine (C=N–C) groups is 2. The molecule has 0 aliphatic carbocycles. The summed E-state index contributed by atoms with van der Waals surface area (Å²) in [6, 6.07) is 0.611. The second-order valence-electron chi connectivity index (χ2n) is 4.15. The minimum absolute atomic E-state index is 0.611. The van der Waals surface area contributed by atoms with Crippen LogP contribution in [0.4, 0.5) is 0 Å². The van der Waals surface area contributed by atoms with Gasteiger partial charge in [0.2, 0.25) is 0 Å². The molecule has 1 atom stereocenters. The van der Waals surface area contributed by atoms with E-state index in [1.807, 2.05) is 13.8 Å². The predicted molar refractivity (Wildman–Crippen MR) is 63.3 cm³/mol. The fraction of sp³-hybridized carbons (Fsp3) is 0.667. The van der Waals surface area contributed by atoms with E-state index in [1.54, 1.807) is 0 Å². The molecular formula is C12H20N2. The van der Waals surface area contributed by atoms with Crippen LogP contribution in [0.2, 0.25) is 0 Å². The Kier molecular flexibility index (Phi) is 4.05. The molecule has 2 rings (SSSR count). The molecule has 2 heterocycles. The summed E-state index contributed by atoms with van der Waals surface area (Å²) in [5.74, 6) is 0. The molecule has 0 amide bonds. The molecule has 0 aromatic heterocycles. The molecule has 2 heteroatoms. The van der Waals surface area contributed by atoms with Crippen LogP contribution in [-0.2, 0) is 0 Å². The molecule has 0 aromatic rings. The number of nitrogens with zero attached hydrogens (tertiary/aromatic N) is 2. The maximum atomic E-state index is 4.31. The van der Waals surface area contributed by atoms with Crippen molar-refractivity contribution < 1.29 is 0 Å². The average molecular weight is 192 g/mol. The topological polar surface area (TPSA) is 24.7 Å². The normalized spacial score (nSPS) is 24.9. The van der Waals surface area contributed by atoms with Gasteiger partial charge in [-0.05, 0) is 40.5 Å². The molecule has 2 aliphatic heterocycles. The Balaban J connectivity index is 0.000000140. The Morgan fingerprint density at radius 2 is 1.93 bits per heavy atom. The van der Waals surface area contributed by atoms with E-state index in [2.05, 4.69) is 29.9 Å². The van der Waals surface area contributed by atoms with E-state index in [0.29, 0.717) is 6.04 Å². The van der Waals surface area contributed by atoms with Crippen LogP contribution in [0.3, 0.4) is 0 Å². The second kappa shape index (κ2) is 5.08. The maximum absolute atomic E-state index is 4.31. The highest BCUT2D eigenvalue weighted by atomic mass is 14.8. The van der Waals surface area contributed by atoms with Crippen molar-refractivity contribution in [3.05, 3.63) is 11.8 Å². The van der Waals surface area contributed by atoms with E-state index in [4.69, 9.17) is 0 Å². The summed E-state index contributed by atoms with van der Waals surface area (Å²) < 4.78 is 0. The smallest absolute Gasteiger partial charge is 0.0474 e. The fourth-order valence-corrected chi connectivity index (χ4v) is 1.61. The van der Waals surface area contributed by atoms with Gasteiger partial charge in [-0.25, -0.2) is 0 Å². The summed E-state index contributed by atoms with van der Waals surface area (Å²) in [6.45, 7) is 8.34. The molecule has 0 saturated heterocycles. The third-order valence-electron chi connectivity index (χ3n) is 2.42. The third-order valence-corrected chi connectivity index (χ3v) is 2.42. The number of hydrogen-bond donors (Lipinski definition) is 0. The number of hydrogen-bond acceptors (Lipinski definition) is 2. The molecular weight excluding hydrogens is 172 g/mol. The van der Waals surface area contributed by atoms with Gasteiger partial charge in [0.15, 0.2) is 0 Å². The van der Waals surface area contributed by atoms with Crippen molar-refractivity contribution in [1.29, 1.82) is 0 Å². The predicted octanol–water partition coefficient (Wildman–Crippen LogP) is 3.38. The Labute approximate surface area is 86.8 Å². The van der Waals surface area contributed by atoms with Gasteiger partial charge in [0.05, 0.1) is 0 Å². The van der Waals surface area contributed by atoms with Gasteiger partial charge in [-0.2, -0.15) is 0 Å². The lowest BCUT2D eigenvalue weighted by molar-refractivity contribution is 0.739. The first-order valence-corrected chi connectivity index (χ1v) is 5.32. The molecule has 0 aromatic carbocycles. The van der Waals surface area contributed by atoms with Crippen LogP contribution in [-0.4, -0.2) is 17.5 Å². The van der Waals surface area contributed by atoms with Crippen LogP contribution < -0.4 is 0 Å². The van der Waals surface area contributed by atoms with E-state index < -0.39 is 0 Å². The van der Waals surface area contributed by atoms with E-state index in [0.717, 1.165) is 12.1 Å². The van der Waals surface area contributed by atoms with Gasteiger partial charge in [-0.3, -0.25) is 9.98 Å². The molecule has 0 bridgehead atoms. The molecule has 78 valence electrons. The van der Waals surface area contributed by atoms with Crippen molar-refractivity contribution >= 4 is 11.4 Å². The van der Waals surface area contributed by atoms with Crippen LogP contribution in [0.15, 0.2) is 21.8 Å². The summed E-state index contributed by atoms with van der Waals surface area (Å²) in [5.41, 5.74) is 3.72. The summed E-state index contributed by atoms with van der Waals surface area (Å²) in [7, 11) is 0. The maximum Gasteiger partial charge on any atom is 0.0474 e. The SMILES string of the molecule is CC1=CCC(C)=N1.CC1=NC(C)CC1. The van der Waals surface area contributed by atoms with Crippen LogP contribution in [0.5, 0.6) is 0 Å². The monoisotopic (exact) mass is 192 g/mol. The molecule has 1 unspecified atom stereocenters. The Hall–Kier alpha value is -0.920. The first-order chi connectivity index (χ1) is 6.58. The molecule has 2 aliphatic rings. The lowest BCUT2D eigenvalue weighted by atomic mass is 10.2. The lowest BCUT2D eigenvalue weighted by Crippen LogP contribution is -1.86. The summed E-state index contributed by atoms with van der Waals surface area (Å²) >= 11 is 0. The molecule has 2 nitrogen and oxygen atoms in total. The summed E-state index contributed by atoms with van der Waals surface area (Å²) in [4.78, 5) is 8.47. The molecule has 0 saturated carbocycles. The average Bonchev–Trinajstić information content (AvgIpc) is 2.63. The van der Waals surface area contributed by atoms with Crippen molar-refractivity contribution in [3.8, 4) is 0 Å². The molecule has 14 heavy (non-hydrogen) atoms.